The van der Waals surface area contributed by atoms with E-state index in [4.69, 9.17) is 10.5 Å². The van der Waals surface area contributed by atoms with Gasteiger partial charge in [-0.3, -0.25) is 4.72 Å². The molecule has 112 valence electrons. The van der Waals surface area contributed by atoms with E-state index in [9.17, 15) is 8.42 Å². The van der Waals surface area contributed by atoms with Crippen LogP contribution in [0, 0.1) is 13.8 Å². The second-order valence-corrected chi connectivity index (χ2v) is 6.49. The van der Waals surface area contributed by atoms with Crippen molar-refractivity contribution in [1.82, 2.24) is 0 Å². The van der Waals surface area contributed by atoms with E-state index in [0.717, 1.165) is 11.1 Å². The van der Waals surface area contributed by atoms with E-state index in [1.165, 1.54) is 19.2 Å². The first kappa shape index (κ1) is 15.2. The van der Waals surface area contributed by atoms with Gasteiger partial charge in [0.2, 0.25) is 0 Å². The first-order valence-electron chi connectivity index (χ1n) is 6.37. The third kappa shape index (κ3) is 3.28. The molecule has 0 heterocycles. The first-order chi connectivity index (χ1) is 9.83. The van der Waals surface area contributed by atoms with Crippen LogP contribution in [0.25, 0.3) is 0 Å². The van der Waals surface area contributed by atoms with Crippen molar-refractivity contribution in [3.05, 3.63) is 47.5 Å². The van der Waals surface area contributed by atoms with Gasteiger partial charge < -0.3 is 10.5 Å². The van der Waals surface area contributed by atoms with E-state index < -0.39 is 10.0 Å². The number of anilines is 2. The SMILES string of the molecule is COc1ccc(S(=O)(=O)Nc2cc(C)c(N)cc2C)cc1. The van der Waals surface area contributed by atoms with E-state index in [-0.39, 0.29) is 4.90 Å². The molecule has 6 heteroatoms. The fraction of sp³-hybridized carbons (Fsp3) is 0.200. The Morgan fingerprint density at radius 1 is 1.05 bits per heavy atom. The zero-order valence-electron chi connectivity index (χ0n) is 12.2. The quantitative estimate of drug-likeness (QED) is 0.851. The average molecular weight is 306 g/mol. The highest BCUT2D eigenvalue weighted by Crippen LogP contribution is 2.25. The lowest BCUT2D eigenvalue weighted by molar-refractivity contribution is 0.414. The molecule has 0 amide bonds. The summed E-state index contributed by atoms with van der Waals surface area (Å²) in [5, 5.41) is 0. The van der Waals surface area contributed by atoms with Gasteiger partial charge in [0, 0.05) is 5.69 Å². The van der Waals surface area contributed by atoms with Gasteiger partial charge in [-0.2, -0.15) is 0 Å². The smallest absolute Gasteiger partial charge is 0.261 e. The number of methoxy groups -OCH3 is 1. The minimum Gasteiger partial charge on any atom is -0.497 e. The molecule has 0 aliphatic rings. The number of aryl methyl sites for hydroxylation is 2. The summed E-state index contributed by atoms with van der Waals surface area (Å²) in [6.07, 6.45) is 0. The molecular formula is C15H18N2O3S. The molecule has 0 aliphatic heterocycles. The summed E-state index contributed by atoms with van der Waals surface area (Å²) in [5.41, 5.74) is 8.57. The highest BCUT2D eigenvalue weighted by molar-refractivity contribution is 7.92. The van der Waals surface area contributed by atoms with Crippen molar-refractivity contribution in [2.45, 2.75) is 18.7 Å². The van der Waals surface area contributed by atoms with Gasteiger partial charge in [0.25, 0.3) is 10.0 Å². The van der Waals surface area contributed by atoms with Crippen LogP contribution < -0.4 is 15.2 Å². The van der Waals surface area contributed by atoms with Crippen molar-refractivity contribution in [1.29, 1.82) is 0 Å². The minimum atomic E-state index is -3.64. The molecule has 5 nitrogen and oxygen atoms in total. The number of nitrogens with two attached hydrogens (primary N) is 1. The van der Waals surface area contributed by atoms with Gasteiger partial charge in [0.05, 0.1) is 17.7 Å². The number of hydrogen-bond acceptors (Lipinski definition) is 4. The minimum absolute atomic E-state index is 0.178. The van der Waals surface area contributed by atoms with Crippen LogP contribution in [-0.4, -0.2) is 15.5 Å². The van der Waals surface area contributed by atoms with Crippen molar-refractivity contribution >= 4 is 21.4 Å². The maximum atomic E-state index is 12.4. The van der Waals surface area contributed by atoms with Crippen molar-refractivity contribution in [3.63, 3.8) is 0 Å². The lowest BCUT2D eigenvalue weighted by atomic mass is 10.1. The number of nitrogens with one attached hydrogen (secondary N) is 1. The molecule has 0 aliphatic carbocycles. The number of nitrogen functional groups attached to an aromatic ring is 1. The third-order valence-corrected chi connectivity index (χ3v) is 4.61. The van der Waals surface area contributed by atoms with Crippen molar-refractivity contribution < 1.29 is 13.2 Å². The largest absolute Gasteiger partial charge is 0.497 e. The van der Waals surface area contributed by atoms with Crippen molar-refractivity contribution in [3.8, 4) is 5.75 Å². The molecular weight excluding hydrogens is 288 g/mol. The molecule has 3 N–H and O–H groups in total. The first-order valence-corrected chi connectivity index (χ1v) is 7.85. The van der Waals surface area contributed by atoms with Crippen LogP contribution in [0.2, 0.25) is 0 Å². The summed E-state index contributed by atoms with van der Waals surface area (Å²) in [6, 6.07) is 9.69. The van der Waals surface area contributed by atoms with Gasteiger partial charge in [-0.05, 0) is 61.4 Å². The van der Waals surface area contributed by atoms with Crippen LogP contribution in [0.15, 0.2) is 41.3 Å². The molecule has 0 atom stereocenters. The number of benzene rings is 2. The van der Waals surface area contributed by atoms with Gasteiger partial charge in [0.1, 0.15) is 5.75 Å². The van der Waals surface area contributed by atoms with Crippen LogP contribution in [0.3, 0.4) is 0 Å². The summed E-state index contributed by atoms with van der Waals surface area (Å²) in [5.74, 6) is 0.605. The number of rotatable bonds is 4. The standard InChI is InChI=1S/C15H18N2O3S/c1-10-9-15(11(2)8-14(10)16)17-21(18,19)13-6-4-12(20-3)5-7-13/h4-9,17H,16H2,1-3H3. The summed E-state index contributed by atoms with van der Waals surface area (Å²) in [7, 11) is -2.11. The molecule has 2 rings (SSSR count). The molecule has 2 aromatic rings. The second kappa shape index (κ2) is 5.65. The molecule has 2 aromatic carbocycles. The Bertz CT molecular complexity index is 753. The highest BCUT2D eigenvalue weighted by Gasteiger charge is 2.15. The van der Waals surface area contributed by atoms with Crippen LogP contribution >= 0.6 is 0 Å². The van der Waals surface area contributed by atoms with Gasteiger partial charge in [-0.15, -0.1) is 0 Å². The summed E-state index contributed by atoms with van der Waals surface area (Å²) >= 11 is 0. The third-order valence-electron chi connectivity index (χ3n) is 3.23. The van der Waals surface area contributed by atoms with Gasteiger partial charge in [0.15, 0.2) is 0 Å². The van der Waals surface area contributed by atoms with E-state index in [2.05, 4.69) is 4.72 Å². The Balaban J connectivity index is 2.34. The van der Waals surface area contributed by atoms with E-state index in [1.54, 1.807) is 24.3 Å². The molecule has 0 aromatic heterocycles. The molecule has 0 saturated heterocycles. The van der Waals surface area contributed by atoms with Crippen LogP contribution in [0.1, 0.15) is 11.1 Å². The Morgan fingerprint density at radius 3 is 2.24 bits per heavy atom. The Morgan fingerprint density at radius 2 is 1.67 bits per heavy atom. The van der Waals surface area contributed by atoms with Crippen LogP contribution in [0.4, 0.5) is 11.4 Å². The number of ether oxygens (including phenoxy) is 1. The maximum absolute atomic E-state index is 12.4. The fourth-order valence-electron chi connectivity index (χ4n) is 1.91. The summed E-state index contributed by atoms with van der Waals surface area (Å²) < 4.78 is 32.3. The van der Waals surface area contributed by atoms with E-state index in [0.29, 0.717) is 17.1 Å². The lowest BCUT2D eigenvalue weighted by Gasteiger charge is -2.13. The van der Waals surface area contributed by atoms with Crippen molar-refractivity contribution in [2.24, 2.45) is 0 Å². The highest BCUT2D eigenvalue weighted by atomic mass is 32.2. The average Bonchev–Trinajstić information content (AvgIpc) is 2.44. The van der Waals surface area contributed by atoms with Gasteiger partial charge >= 0.3 is 0 Å². The summed E-state index contributed by atoms with van der Waals surface area (Å²) in [6.45, 7) is 3.64. The van der Waals surface area contributed by atoms with E-state index in [1.807, 2.05) is 13.8 Å². The van der Waals surface area contributed by atoms with Crippen LogP contribution in [0.5, 0.6) is 5.75 Å². The zero-order chi connectivity index (χ0) is 15.6. The molecule has 0 spiro atoms. The van der Waals surface area contributed by atoms with Gasteiger partial charge in [-0.1, -0.05) is 0 Å². The normalized spacial score (nSPS) is 11.2. The Hall–Kier alpha value is -2.21. The number of sulfonamides is 1. The monoisotopic (exact) mass is 306 g/mol. The molecule has 0 bridgehead atoms. The zero-order valence-corrected chi connectivity index (χ0v) is 13.0. The summed E-state index contributed by atoms with van der Waals surface area (Å²) in [4.78, 5) is 0.178. The number of hydrogen-bond donors (Lipinski definition) is 2. The Labute approximate surface area is 124 Å². The Kier molecular flexibility index (Phi) is 4.09. The molecule has 21 heavy (non-hydrogen) atoms. The van der Waals surface area contributed by atoms with Crippen molar-refractivity contribution in [2.75, 3.05) is 17.6 Å². The van der Waals surface area contributed by atoms with Gasteiger partial charge in [-0.25, -0.2) is 8.42 Å². The maximum Gasteiger partial charge on any atom is 0.261 e. The molecule has 0 unspecified atom stereocenters. The van der Waals surface area contributed by atoms with E-state index >= 15 is 0 Å². The fourth-order valence-corrected chi connectivity index (χ4v) is 3.03. The predicted molar refractivity (Wildman–Crippen MR) is 84.1 cm³/mol. The molecule has 0 fully saturated rings. The predicted octanol–water partition coefficient (Wildman–Crippen LogP) is 2.70. The lowest BCUT2D eigenvalue weighted by Crippen LogP contribution is -2.14. The molecule has 0 saturated carbocycles. The molecule has 0 radical (unpaired) electrons. The second-order valence-electron chi connectivity index (χ2n) is 4.80. The van der Waals surface area contributed by atoms with Crippen LogP contribution in [-0.2, 0) is 10.0 Å². The topological polar surface area (TPSA) is 81.4 Å².